The number of alkyl halides is 3. The van der Waals surface area contributed by atoms with Crippen LogP contribution in [-0.2, 0) is 17.6 Å². The summed E-state index contributed by atoms with van der Waals surface area (Å²) < 4.78 is 40.6. The van der Waals surface area contributed by atoms with E-state index in [9.17, 15) is 18.0 Å². The van der Waals surface area contributed by atoms with Crippen LogP contribution in [0.15, 0.2) is 4.52 Å². The van der Waals surface area contributed by atoms with Gasteiger partial charge in [-0.2, -0.15) is 18.2 Å². The number of carbonyl (C=O) groups is 1. The van der Waals surface area contributed by atoms with Crippen LogP contribution in [0.4, 0.5) is 13.2 Å². The van der Waals surface area contributed by atoms with Gasteiger partial charge in [0.05, 0.1) is 6.42 Å². The van der Waals surface area contributed by atoms with Crippen LogP contribution in [0.25, 0.3) is 0 Å². The molecule has 96 valence electrons. The van der Waals surface area contributed by atoms with E-state index in [0.29, 0.717) is 0 Å². The molecule has 1 aromatic heterocycles. The molecule has 1 rings (SSSR count). The van der Waals surface area contributed by atoms with Gasteiger partial charge < -0.3 is 4.52 Å². The summed E-state index contributed by atoms with van der Waals surface area (Å²) in [5, 5.41) is 3.18. The second kappa shape index (κ2) is 4.46. The lowest BCUT2D eigenvalue weighted by molar-refractivity contribution is -0.128. The van der Waals surface area contributed by atoms with E-state index in [1.165, 1.54) is 0 Å². The first-order valence-corrected chi connectivity index (χ1v) is 4.99. The summed E-state index contributed by atoms with van der Waals surface area (Å²) >= 11 is 0. The lowest BCUT2D eigenvalue weighted by Crippen LogP contribution is -2.22. The number of hydrogen-bond acceptors (Lipinski definition) is 4. The molecule has 0 bridgehead atoms. The normalized spacial score (nSPS) is 12.8. The summed E-state index contributed by atoms with van der Waals surface area (Å²) in [5.74, 6) is -0.696. The van der Waals surface area contributed by atoms with Gasteiger partial charge in [-0.3, -0.25) is 4.79 Å². The third kappa shape index (κ3) is 4.54. The van der Waals surface area contributed by atoms with Gasteiger partial charge >= 0.3 is 6.18 Å². The molecule has 0 aliphatic carbocycles. The van der Waals surface area contributed by atoms with Crippen molar-refractivity contribution in [2.45, 2.75) is 39.8 Å². The average Bonchev–Trinajstić information content (AvgIpc) is 2.47. The van der Waals surface area contributed by atoms with Crippen molar-refractivity contribution in [1.29, 1.82) is 0 Å². The van der Waals surface area contributed by atoms with Gasteiger partial charge in [-0.05, 0) is 0 Å². The Labute approximate surface area is 96.2 Å². The van der Waals surface area contributed by atoms with E-state index in [1.807, 2.05) is 0 Å². The topological polar surface area (TPSA) is 56.0 Å². The van der Waals surface area contributed by atoms with E-state index in [0.717, 1.165) is 0 Å². The molecule has 0 saturated carbocycles. The molecule has 0 atom stereocenters. The molecule has 0 spiro atoms. The predicted molar refractivity (Wildman–Crippen MR) is 52.2 cm³/mol. The minimum Gasteiger partial charge on any atom is -0.339 e. The van der Waals surface area contributed by atoms with Crippen molar-refractivity contribution in [2.75, 3.05) is 0 Å². The van der Waals surface area contributed by atoms with E-state index in [-0.39, 0.29) is 18.1 Å². The molecular weight excluding hydrogens is 237 g/mol. The minimum atomic E-state index is -4.38. The summed E-state index contributed by atoms with van der Waals surface area (Å²) in [7, 11) is 0. The summed E-state index contributed by atoms with van der Waals surface area (Å²) in [5.41, 5.74) is -0.585. The van der Waals surface area contributed by atoms with Crippen LogP contribution in [0.1, 0.15) is 32.5 Å². The number of ketones is 1. The fourth-order valence-corrected chi connectivity index (χ4v) is 1.02. The highest BCUT2D eigenvalue weighted by Crippen LogP contribution is 2.20. The quantitative estimate of drug-likeness (QED) is 0.826. The third-order valence-electron chi connectivity index (χ3n) is 2.02. The molecule has 0 amide bonds. The van der Waals surface area contributed by atoms with Crippen molar-refractivity contribution in [3.8, 4) is 0 Å². The van der Waals surface area contributed by atoms with Crippen molar-refractivity contribution < 1.29 is 22.5 Å². The number of carbonyl (C=O) groups excluding carboxylic acids is 1. The maximum Gasteiger partial charge on any atom is 0.396 e. The van der Waals surface area contributed by atoms with Crippen LogP contribution in [-0.4, -0.2) is 22.1 Å². The zero-order valence-electron chi connectivity index (χ0n) is 9.76. The number of halogens is 3. The molecule has 0 radical (unpaired) electrons. The van der Waals surface area contributed by atoms with Crippen molar-refractivity contribution in [1.82, 2.24) is 10.1 Å². The Hall–Kier alpha value is -1.40. The fourth-order valence-electron chi connectivity index (χ4n) is 1.02. The average molecular weight is 250 g/mol. The van der Waals surface area contributed by atoms with Gasteiger partial charge in [0, 0.05) is 5.41 Å². The van der Waals surface area contributed by atoms with Gasteiger partial charge in [-0.25, -0.2) is 0 Å². The van der Waals surface area contributed by atoms with Gasteiger partial charge in [-0.15, -0.1) is 0 Å². The SMILES string of the molecule is CC(C)(C)C(=O)Cc1nc(CC(F)(F)F)no1. The van der Waals surface area contributed by atoms with Crippen molar-refractivity contribution in [3.05, 3.63) is 11.7 Å². The van der Waals surface area contributed by atoms with E-state index in [4.69, 9.17) is 0 Å². The number of rotatable bonds is 3. The number of hydrogen-bond donors (Lipinski definition) is 0. The first kappa shape index (κ1) is 13.7. The van der Waals surface area contributed by atoms with Crippen LogP contribution < -0.4 is 0 Å². The summed E-state index contributed by atoms with van der Waals surface area (Å²) in [4.78, 5) is 15.1. The van der Waals surface area contributed by atoms with E-state index >= 15 is 0 Å². The third-order valence-corrected chi connectivity index (χ3v) is 2.02. The minimum absolute atomic E-state index is 0.0795. The molecule has 0 unspecified atom stereocenters. The molecule has 0 aromatic carbocycles. The Bertz CT molecular complexity index is 404. The fraction of sp³-hybridized carbons (Fsp3) is 0.700. The lowest BCUT2D eigenvalue weighted by Gasteiger charge is -2.14. The van der Waals surface area contributed by atoms with Crippen LogP contribution in [0, 0.1) is 5.41 Å². The van der Waals surface area contributed by atoms with E-state index in [2.05, 4.69) is 14.7 Å². The Morgan fingerprint density at radius 1 is 1.29 bits per heavy atom. The van der Waals surface area contributed by atoms with Crippen LogP contribution in [0.5, 0.6) is 0 Å². The summed E-state index contributed by atoms with van der Waals surface area (Å²) in [6.07, 6.45) is -5.77. The highest BCUT2D eigenvalue weighted by atomic mass is 19.4. The highest BCUT2D eigenvalue weighted by molar-refractivity contribution is 5.84. The Morgan fingerprint density at radius 2 is 1.88 bits per heavy atom. The number of nitrogens with zero attached hydrogens (tertiary/aromatic N) is 2. The number of aromatic nitrogens is 2. The maximum atomic E-state index is 12.0. The second-order valence-corrected chi connectivity index (χ2v) is 4.75. The van der Waals surface area contributed by atoms with E-state index in [1.54, 1.807) is 20.8 Å². The smallest absolute Gasteiger partial charge is 0.339 e. The van der Waals surface area contributed by atoms with Crippen molar-refractivity contribution in [2.24, 2.45) is 5.41 Å². The largest absolute Gasteiger partial charge is 0.396 e. The molecule has 0 aliphatic heterocycles. The standard InChI is InChI=1S/C10H13F3N2O2/c1-9(2,3)6(16)4-8-14-7(15-17-8)5-10(11,12)13/h4-5H2,1-3H3. The highest BCUT2D eigenvalue weighted by Gasteiger charge is 2.31. The Kier molecular flexibility index (Phi) is 3.59. The van der Waals surface area contributed by atoms with Gasteiger partial charge in [0.25, 0.3) is 0 Å². The molecule has 0 N–H and O–H groups in total. The van der Waals surface area contributed by atoms with Gasteiger partial charge in [0.2, 0.25) is 5.89 Å². The maximum absolute atomic E-state index is 12.0. The molecule has 7 heteroatoms. The zero-order valence-corrected chi connectivity index (χ0v) is 9.76. The van der Waals surface area contributed by atoms with Gasteiger partial charge in [0.1, 0.15) is 12.2 Å². The first-order valence-electron chi connectivity index (χ1n) is 4.99. The Morgan fingerprint density at radius 3 is 2.35 bits per heavy atom. The monoisotopic (exact) mass is 250 g/mol. The van der Waals surface area contributed by atoms with Gasteiger partial charge in [0.15, 0.2) is 5.82 Å². The van der Waals surface area contributed by atoms with Crippen LogP contribution in [0.2, 0.25) is 0 Å². The summed E-state index contributed by atoms with van der Waals surface area (Å²) in [6.45, 7) is 5.13. The summed E-state index contributed by atoms with van der Waals surface area (Å²) in [6, 6.07) is 0. The molecule has 1 aromatic rings. The molecule has 0 aliphatic rings. The zero-order chi connectivity index (χ0) is 13.3. The Balaban J connectivity index is 2.67. The van der Waals surface area contributed by atoms with Crippen LogP contribution >= 0.6 is 0 Å². The molecule has 17 heavy (non-hydrogen) atoms. The molecule has 1 heterocycles. The van der Waals surface area contributed by atoms with Gasteiger partial charge in [-0.1, -0.05) is 25.9 Å². The molecule has 0 saturated heterocycles. The second-order valence-electron chi connectivity index (χ2n) is 4.75. The molecule has 4 nitrogen and oxygen atoms in total. The predicted octanol–water partition coefficient (Wildman–Crippen LogP) is 2.33. The first-order chi connectivity index (χ1) is 7.58. The number of Topliss-reactive ketones (excluding diaryl/α,β-unsaturated/α-hetero) is 1. The van der Waals surface area contributed by atoms with Crippen molar-refractivity contribution in [3.63, 3.8) is 0 Å². The van der Waals surface area contributed by atoms with Crippen molar-refractivity contribution >= 4 is 5.78 Å². The lowest BCUT2D eigenvalue weighted by atomic mass is 9.89. The molecular formula is C10H13F3N2O2. The van der Waals surface area contributed by atoms with E-state index < -0.39 is 23.8 Å². The van der Waals surface area contributed by atoms with Crippen LogP contribution in [0.3, 0.4) is 0 Å². The molecule has 0 fully saturated rings.